The summed E-state index contributed by atoms with van der Waals surface area (Å²) in [6.45, 7) is 1.15. The smallest absolute Gasteiger partial charge is 0.223 e. The standard InChI is InChI=1S/C13H23N3O6S2/c1-23(19,20)16-7-5-15(6-8-16)13(18)3-2-12(17)14-11-4-9-24(21,22)10-11/h11H,2-10H2,1H3,(H,14,17). The topological polar surface area (TPSA) is 121 Å². The van der Waals surface area contributed by atoms with Crippen LogP contribution in [0, 0.1) is 0 Å². The molecule has 0 aromatic rings. The molecule has 0 saturated carbocycles. The molecule has 2 aliphatic heterocycles. The van der Waals surface area contributed by atoms with Gasteiger partial charge in [-0.1, -0.05) is 0 Å². The highest BCUT2D eigenvalue weighted by molar-refractivity contribution is 7.91. The molecule has 1 unspecified atom stereocenters. The first-order chi connectivity index (χ1) is 11.1. The average Bonchev–Trinajstić information content (AvgIpc) is 2.83. The fourth-order valence-corrected chi connectivity index (χ4v) is 5.36. The fraction of sp³-hybridized carbons (Fsp3) is 0.846. The second kappa shape index (κ2) is 7.36. The van der Waals surface area contributed by atoms with E-state index in [9.17, 15) is 26.4 Å². The molecule has 2 saturated heterocycles. The van der Waals surface area contributed by atoms with Gasteiger partial charge in [0.1, 0.15) is 0 Å². The molecule has 11 heteroatoms. The number of nitrogens with one attached hydrogen (secondary N) is 1. The van der Waals surface area contributed by atoms with Crippen LogP contribution in [0.25, 0.3) is 0 Å². The Morgan fingerprint density at radius 2 is 1.75 bits per heavy atom. The Labute approximate surface area is 142 Å². The van der Waals surface area contributed by atoms with Gasteiger partial charge in [-0.2, -0.15) is 4.31 Å². The van der Waals surface area contributed by atoms with E-state index in [-0.39, 0.29) is 55.3 Å². The van der Waals surface area contributed by atoms with Gasteiger partial charge in [-0.25, -0.2) is 16.8 Å². The van der Waals surface area contributed by atoms with Crippen LogP contribution in [0.3, 0.4) is 0 Å². The number of nitrogens with zero attached hydrogens (tertiary/aromatic N) is 2. The number of carbonyl (C=O) groups is 2. The third-order valence-electron chi connectivity index (χ3n) is 4.22. The summed E-state index contributed by atoms with van der Waals surface area (Å²) in [5.74, 6) is -0.487. The van der Waals surface area contributed by atoms with Crippen molar-refractivity contribution in [3.05, 3.63) is 0 Å². The molecule has 0 bridgehead atoms. The summed E-state index contributed by atoms with van der Waals surface area (Å²) in [4.78, 5) is 25.4. The van der Waals surface area contributed by atoms with E-state index in [0.717, 1.165) is 6.26 Å². The number of carbonyl (C=O) groups excluding carboxylic acids is 2. The van der Waals surface area contributed by atoms with Crippen molar-refractivity contribution in [2.24, 2.45) is 0 Å². The van der Waals surface area contributed by atoms with Gasteiger partial charge in [-0.05, 0) is 6.42 Å². The van der Waals surface area contributed by atoms with E-state index in [1.165, 1.54) is 4.31 Å². The summed E-state index contributed by atoms with van der Waals surface area (Å²) in [6, 6.07) is -0.365. The molecule has 138 valence electrons. The largest absolute Gasteiger partial charge is 0.352 e. The maximum absolute atomic E-state index is 12.1. The average molecular weight is 381 g/mol. The molecule has 0 aromatic heterocycles. The zero-order chi connectivity index (χ0) is 18.0. The van der Waals surface area contributed by atoms with Crippen molar-refractivity contribution in [2.45, 2.75) is 25.3 Å². The zero-order valence-corrected chi connectivity index (χ0v) is 15.2. The Morgan fingerprint density at radius 1 is 1.12 bits per heavy atom. The summed E-state index contributed by atoms with van der Waals surface area (Å²) in [6.07, 6.45) is 1.58. The maximum atomic E-state index is 12.1. The third-order valence-corrected chi connectivity index (χ3v) is 7.29. The number of sulfone groups is 1. The quantitative estimate of drug-likeness (QED) is 0.598. The predicted molar refractivity (Wildman–Crippen MR) is 87.4 cm³/mol. The molecule has 0 aromatic carbocycles. The van der Waals surface area contributed by atoms with Crippen molar-refractivity contribution in [3.63, 3.8) is 0 Å². The van der Waals surface area contributed by atoms with Crippen molar-refractivity contribution >= 4 is 31.7 Å². The monoisotopic (exact) mass is 381 g/mol. The van der Waals surface area contributed by atoms with E-state index >= 15 is 0 Å². The van der Waals surface area contributed by atoms with E-state index in [4.69, 9.17) is 0 Å². The van der Waals surface area contributed by atoms with Gasteiger partial charge in [0.15, 0.2) is 9.84 Å². The Bertz CT molecular complexity index is 695. The highest BCUT2D eigenvalue weighted by Crippen LogP contribution is 2.12. The third kappa shape index (κ3) is 5.42. The van der Waals surface area contributed by atoms with Crippen LogP contribution in [-0.2, 0) is 29.4 Å². The first-order valence-corrected chi connectivity index (χ1v) is 11.5. The van der Waals surface area contributed by atoms with Gasteiger partial charge < -0.3 is 10.2 Å². The van der Waals surface area contributed by atoms with E-state index in [2.05, 4.69) is 5.32 Å². The van der Waals surface area contributed by atoms with Gasteiger partial charge in [0.05, 0.1) is 17.8 Å². The molecule has 24 heavy (non-hydrogen) atoms. The van der Waals surface area contributed by atoms with Crippen LogP contribution in [0.1, 0.15) is 19.3 Å². The van der Waals surface area contributed by atoms with Crippen molar-refractivity contribution in [3.8, 4) is 0 Å². The molecule has 2 amide bonds. The predicted octanol–water partition coefficient (Wildman–Crippen LogP) is -1.83. The van der Waals surface area contributed by atoms with Gasteiger partial charge in [-0.15, -0.1) is 0 Å². The zero-order valence-electron chi connectivity index (χ0n) is 13.6. The first kappa shape index (κ1) is 19.1. The number of hydrogen-bond donors (Lipinski definition) is 1. The molecule has 2 rings (SSSR count). The van der Waals surface area contributed by atoms with Crippen LogP contribution >= 0.6 is 0 Å². The van der Waals surface area contributed by atoms with Crippen LogP contribution in [0.15, 0.2) is 0 Å². The Balaban J connectivity index is 1.71. The minimum Gasteiger partial charge on any atom is -0.352 e. The van der Waals surface area contributed by atoms with Crippen LogP contribution in [0.5, 0.6) is 0 Å². The van der Waals surface area contributed by atoms with E-state index in [1.54, 1.807) is 4.90 Å². The van der Waals surface area contributed by atoms with Gasteiger partial charge >= 0.3 is 0 Å². The van der Waals surface area contributed by atoms with Gasteiger partial charge in [0.25, 0.3) is 0 Å². The first-order valence-electron chi connectivity index (χ1n) is 7.79. The highest BCUT2D eigenvalue weighted by atomic mass is 32.2. The number of amides is 2. The van der Waals surface area contributed by atoms with Crippen LogP contribution in [-0.4, -0.2) is 87.8 Å². The molecule has 0 aliphatic carbocycles. The van der Waals surface area contributed by atoms with Crippen molar-refractivity contribution in [1.82, 2.24) is 14.5 Å². The van der Waals surface area contributed by atoms with Crippen molar-refractivity contribution in [1.29, 1.82) is 0 Å². The summed E-state index contributed by atoms with van der Waals surface area (Å²) in [5, 5.41) is 2.64. The van der Waals surface area contributed by atoms with Crippen LogP contribution < -0.4 is 5.32 Å². The summed E-state index contributed by atoms with van der Waals surface area (Å²) in [5.41, 5.74) is 0. The second-order valence-electron chi connectivity index (χ2n) is 6.21. The number of piperazine rings is 1. The number of sulfonamides is 1. The van der Waals surface area contributed by atoms with Crippen LogP contribution in [0.4, 0.5) is 0 Å². The Hall–Kier alpha value is -1.20. The van der Waals surface area contributed by atoms with Gasteiger partial charge in [0.2, 0.25) is 21.8 Å². The minimum atomic E-state index is -3.24. The Morgan fingerprint density at radius 3 is 2.25 bits per heavy atom. The van der Waals surface area contributed by atoms with E-state index in [1.807, 2.05) is 0 Å². The molecular weight excluding hydrogens is 358 g/mol. The molecule has 1 N–H and O–H groups in total. The molecule has 0 radical (unpaired) electrons. The lowest BCUT2D eigenvalue weighted by atomic mass is 10.2. The Kier molecular flexibility index (Phi) is 5.87. The second-order valence-corrected chi connectivity index (χ2v) is 10.4. The fourth-order valence-electron chi connectivity index (χ4n) is 2.86. The lowest BCUT2D eigenvalue weighted by Crippen LogP contribution is -2.50. The van der Waals surface area contributed by atoms with Gasteiger partial charge in [0, 0.05) is 45.1 Å². The lowest BCUT2D eigenvalue weighted by Gasteiger charge is -2.33. The molecule has 1 atom stereocenters. The summed E-state index contributed by atoms with van der Waals surface area (Å²) >= 11 is 0. The molecule has 2 heterocycles. The van der Waals surface area contributed by atoms with Crippen LogP contribution in [0.2, 0.25) is 0 Å². The molecule has 0 spiro atoms. The number of hydrogen-bond acceptors (Lipinski definition) is 6. The number of rotatable bonds is 5. The maximum Gasteiger partial charge on any atom is 0.223 e. The summed E-state index contributed by atoms with van der Waals surface area (Å²) in [7, 11) is -6.29. The normalized spacial score (nSPS) is 24.7. The van der Waals surface area contributed by atoms with Gasteiger partial charge in [-0.3, -0.25) is 9.59 Å². The molecule has 2 aliphatic rings. The van der Waals surface area contributed by atoms with Crippen molar-refractivity contribution < 1.29 is 26.4 Å². The lowest BCUT2D eigenvalue weighted by molar-refractivity contribution is -0.134. The summed E-state index contributed by atoms with van der Waals surface area (Å²) < 4.78 is 46.8. The molecule has 2 fully saturated rings. The van der Waals surface area contributed by atoms with Crippen molar-refractivity contribution in [2.75, 3.05) is 43.9 Å². The highest BCUT2D eigenvalue weighted by Gasteiger charge is 2.29. The van der Waals surface area contributed by atoms with E-state index in [0.29, 0.717) is 19.5 Å². The minimum absolute atomic E-state index is 0.00166. The SMILES string of the molecule is CS(=O)(=O)N1CCN(C(=O)CCC(=O)NC2CCS(=O)(=O)C2)CC1. The van der Waals surface area contributed by atoms with E-state index < -0.39 is 19.9 Å². The molecular formula is C13H23N3O6S2. The molecule has 9 nitrogen and oxygen atoms in total.